The molecule has 1 saturated heterocycles. The summed E-state index contributed by atoms with van der Waals surface area (Å²) in [5.74, 6) is -0.582. The predicted octanol–water partition coefficient (Wildman–Crippen LogP) is 0.586. The van der Waals surface area contributed by atoms with E-state index in [-0.39, 0.29) is 11.6 Å². The first kappa shape index (κ1) is 12.5. The minimum atomic E-state index is -1.07. The molecule has 1 aliphatic rings. The summed E-state index contributed by atoms with van der Waals surface area (Å²) in [7, 11) is 0. The number of carboxylic acids is 1. The van der Waals surface area contributed by atoms with Crippen LogP contribution in [0.1, 0.15) is 29.5 Å². The van der Waals surface area contributed by atoms with E-state index in [0.717, 1.165) is 31.6 Å². The molecule has 0 aromatic carbocycles. The van der Waals surface area contributed by atoms with Crippen LogP contribution in [0.4, 0.5) is 0 Å². The number of aromatic carboxylic acids is 1. The Kier molecular flexibility index (Phi) is 3.55. The SMILES string of the molecule is CC(=O)N1CC[C@@H](Cc2cnc(C(=O)O)cn2)C1. The number of hydrogen-bond acceptors (Lipinski definition) is 4. The van der Waals surface area contributed by atoms with E-state index in [1.165, 1.54) is 12.4 Å². The van der Waals surface area contributed by atoms with Crippen LogP contribution in [0.2, 0.25) is 0 Å². The number of aromatic nitrogens is 2. The zero-order valence-corrected chi connectivity index (χ0v) is 10.2. The molecule has 0 bridgehead atoms. The van der Waals surface area contributed by atoms with Gasteiger partial charge in [0.15, 0.2) is 5.69 Å². The molecule has 1 amide bonds. The van der Waals surface area contributed by atoms with Crippen molar-refractivity contribution in [2.75, 3.05) is 13.1 Å². The molecule has 96 valence electrons. The molecule has 1 fully saturated rings. The number of carbonyl (C=O) groups excluding carboxylic acids is 1. The molecular formula is C12H15N3O3. The fourth-order valence-corrected chi connectivity index (χ4v) is 2.15. The Labute approximate surface area is 105 Å². The highest BCUT2D eigenvalue weighted by atomic mass is 16.4. The third kappa shape index (κ3) is 2.82. The van der Waals surface area contributed by atoms with Crippen LogP contribution >= 0.6 is 0 Å². The van der Waals surface area contributed by atoms with Gasteiger partial charge in [0, 0.05) is 26.2 Å². The average Bonchev–Trinajstić information content (AvgIpc) is 2.78. The molecule has 1 aliphatic heterocycles. The number of hydrogen-bond donors (Lipinski definition) is 1. The first-order valence-corrected chi connectivity index (χ1v) is 5.86. The molecule has 18 heavy (non-hydrogen) atoms. The molecule has 1 N–H and O–H groups in total. The van der Waals surface area contributed by atoms with E-state index in [0.29, 0.717) is 5.92 Å². The van der Waals surface area contributed by atoms with Crippen LogP contribution in [-0.4, -0.2) is 44.9 Å². The van der Waals surface area contributed by atoms with E-state index in [2.05, 4.69) is 9.97 Å². The van der Waals surface area contributed by atoms with Crippen molar-refractivity contribution in [2.24, 2.45) is 5.92 Å². The molecule has 1 aromatic heterocycles. The number of rotatable bonds is 3. The quantitative estimate of drug-likeness (QED) is 0.847. The lowest BCUT2D eigenvalue weighted by atomic mass is 10.0. The van der Waals surface area contributed by atoms with Gasteiger partial charge in [0.25, 0.3) is 0 Å². The van der Waals surface area contributed by atoms with Gasteiger partial charge in [0.1, 0.15) is 0 Å². The molecule has 0 aliphatic carbocycles. The molecule has 2 heterocycles. The summed E-state index contributed by atoms with van der Waals surface area (Å²) in [5, 5.41) is 8.71. The summed E-state index contributed by atoms with van der Waals surface area (Å²) in [6.07, 6.45) is 4.47. The maximum atomic E-state index is 11.2. The second-order valence-electron chi connectivity index (χ2n) is 4.52. The van der Waals surface area contributed by atoms with Gasteiger partial charge < -0.3 is 10.0 Å². The normalized spacial score (nSPS) is 18.9. The third-order valence-electron chi connectivity index (χ3n) is 3.15. The zero-order chi connectivity index (χ0) is 13.1. The predicted molar refractivity (Wildman–Crippen MR) is 63.1 cm³/mol. The lowest BCUT2D eigenvalue weighted by molar-refractivity contribution is -0.127. The number of nitrogens with zero attached hydrogens (tertiary/aromatic N) is 3. The Morgan fingerprint density at radius 2 is 2.22 bits per heavy atom. The van der Waals surface area contributed by atoms with E-state index >= 15 is 0 Å². The summed E-state index contributed by atoms with van der Waals surface area (Å²) in [4.78, 5) is 31.6. The van der Waals surface area contributed by atoms with E-state index in [1.54, 1.807) is 6.92 Å². The van der Waals surface area contributed by atoms with Crippen molar-refractivity contribution in [3.63, 3.8) is 0 Å². The van der Waals surface area contributed by atoms with Crippen molar-refractivity contribution in [2.45, 2.75) is 19.8 Å². The molecule has 6 heteroatoms. The van der Waals surface area contributed by atoms with Gasteiger partial charge in [-0.1, -0.05) is 0 Å². The first-order valence-electron chi connectivity index (χ1n) is 5.86. The second kappa shape index (κ2) is 5.12. The minimum Gasteiger partial charge on any atom is -0.476 e. The Morgan fingerprint density at radius 3 is 2.72 bits per heavy atom. The van der Waals surface area contributed by atoms with Gasteiger partial charge in [-0.2, -0.15) is 0 Å². The molecule has 0 spiro atoms. The third-order valence-corrected chi connectivity index (χ3v) is 3.15. The van der Waals surface area contributed by atoms with E-state index in [1.807, 2.05) is 4.90 Å². The van der Waals surface area contributed by atoms with Crippen molar-refractivity contribution >= 4 is 11.9 Å². The fraction of sp³-hybridized carbons (Fsp3) is 0.500. The van der Waals surface area contributed by atoms with Gasteiger partial charge in [0.2, 0.25) is 5.91 Å². The standard InChI is InChI=1S/C12H15N3O3/c1-8(16)15-3-2-9(7-15)4-10-5-14-11(6-13-10)12(17)18/h5-6,9H,2-4,7H2,1H3,(H,17,18)/t9-/m0/s1. The van der Waals surface area contributed by atoms with Crippen LogP contribution in [0, 0.1) is 5.92 Å². The van der Waals surface area contributed by atoms with Crippen LogP contribution in [0.5, 0.6) is 0 Å². The topological polar surface area (TPSA) is 83.4 Å². The maximum absolute atomic E-state index is 11.2. The van der Waals surface area contributed by atoms with Gasteiger partial charge in [0.05, 0.1) is 11.9 Å². The van der Waals surface area contributed by atoms with Crippen LogP contribution in [0.25, 0.3) is 0 Å². The molecule has 1 atom stereocenters. The minimum absolute atomic E-state index is 0.0458. The van der Waals surface area contributed by atoms with E-state index in [9.17, 15) is 9.59 Å². The number of carbonyl (C=O) groups is 2. The Bertz CT molecular complexity index is 458. The van der Waals surface area contributed by atoms with Crippen LogP contribution in [-0.2, 0) is 11.2 Å². The molecule has 0 radical (unpaired) electrons. The molecule has 0 saturated carbocycles. The molecule has 0 unspecified atom stereocenters. The van der Waals surface area contributed by atoms with Gasteiger partial charge in [-0.3, -0.25) is 9.78 Å². The van der Waals surface area contributed by atoms with Crippen molar-refractivity contribution in [3.8, 4) is 0 Å². The fourth-order valence-electron chi connectivity index (χ4n) is 2.15. The van der Waals surface area contributed by atoms with Gasteiger partial charge >= 0.3 is 5.97 Å². The summed E-state index contributed by atoms with van der Waals surface area (Å²) in [6.45, 7) is 3.11. The van der Waals surface area contributed by atoms with Crippen molar-refractivity contribution in [1.29, 1.82) is 0 Å². The lowest BCUT2D eigenvalue weighted by Gasteiger charge is -2.13. The summed E-state index contributed by atoms with van der Waals surface area (Å²) >= 11 is 0. The van der Waals surface area contributed by atoms with Crippen molar-refractivity contribution < 1.29 is 14.7 Å². The summed E-state index contributed by atoms with van der Waals surface area (Å²) < 4.78 is 0. The number of amides is 1. The van der Waals surface area contributed by atoms with E-state index < -0.39 is 5.97 Å². The average molecular weight is 249 g/mol. The maximum Gasteiger partial charge on any atom is 0.356 e. The highest BCUT2D eigenvalue weighted by molar-refractivity contribution is 5.84. The monoisotopic (exact) mass is 249 g/mol. The zero-order valence-electron chi connectivity index (χ0n) is 10.2. The highest BCUT2D eigenvalue weighted by Gasteiger charge is 2.24. The second-order valence-corrected chi connectivity index (χ2v) is 4.52. The molecule has 1 aromatic rings. The van der Waals surface area contributed by atoms with Gasteiger partial charge in [-0.25, -0.2) is 9.78 Å². The van der Waals surface area contributed by atoms with Crippen LogP contribution < -0.4 is 0 Å². The van der Waals surface area contributed by atoms with Crippen LogP contribution in [0.15, 0.2) is 12.4 Å². The largest absolute Gasteiger partial charge is 0.476 e. The molecule has 6 nitrogen and oxygen atoms in total. The molecule has 2 rings (SSSR count). The van der Waals surface area contributed by atoms with Crippen molar-refractivity contribution in [1.82, 2.24) is 14.9 Å². The summed E-state index contributed by atoms with van der Waals surface area (Å²) in [5.41, 5.74) is 0.728. The Hall–Kier alpha value is -1.98. The lowest BCUT2D eigenvalue weighted by Crippen LogP contribution is -2.26. The molecular weight excluding hydrogens is 234 g/mol. The van der Waals surface area contributed by atoms with Gasteiger partial charge in [-0.15, -0.1) is 0 Å². The highest BCUT2D eigenvalue weighted by Crippen LogP contribution is 2.19. The number of carboxylic acid groups (broad SMARTS) is 1. The van der Waals surface area contributed by atoms with Crippen molar-refractivity contribution in [3.05, 3.63) is 23.8 Å². The Balaban J connectivity index is 1.94. The van der Waals surface area contributed by atoms with Gasteiger partial charge in [-0.05, 0) is 18.8 Å². The van der Waals surface area contributed by atoms with E-state index in [4.69, 9.17) is 5.11 Å². The summed E-state index contributed by atoms with van der Waals surface area (Å²) in [6, 6.07) is 0. The van der Waals surface area contributed by atoms with Crippen LogP contribution in [0.3, 0.4) is 0 Å². The first-order chi connectivity index (χ1) is 8.56. The smallest absolute Gasteiger partial charge is 0.356 e. The number of likely N-dealkylation sites (tertiary alicyclic amines) is 1. The Morgan fingerprint density at radius 1 is 1.44 bits per heavy atom.